The molecule has 29 heavy (non-hydrogen) atoms. The monoisotopic (exact) mass is 438 g/mol. The largest absolute Gasteiger partial charge is 0.383 e. The van der Waals surface area contributed by atoms with Crippen molar-refractivity contribution in [1.29, 1.82) is 0 Å². The van der Waals surface area contributed by atoms with E-state index in [0.717, 1.165) is 0 Å². The molecule has 1 aliphatic heterocycles. The Bertz CT molecular complexity index is 973. The highest BCUT2D eigenvalue weighted by Gasteiger charge is 2.36. The summed E-state index contributed by atoms with van der Waals surface area (Å²) < 4.78 is 10.1. The van der Waals surface area contributed by atoms with Gasteiger partial charge in [0.1, 0.15) is 5.76 Å². The number of hydrogen-bond acceptors (Lipinski definition) is 5. The third-order valence-electron chi connectivity index (χ3n) is 4.52. The number of aryl methyl sites for hydroxylation is 1. The van der Waals surface area contributed by atoms with Gasteiger partial charge in [0.15, 0.2) is 5.82 Å². The number of nitrogens with zero attached hydrogens (tertiary/aromatic N) is 2. The van der Waals surface area contributed by atoms with Gasteiger partial charge in [-0.2, -0.15) is 0 Å². The zero-order valence-electron chi connectivity index (χ0n) is 16.1. The summed E-state index contributed by atoms with van der Waals surface area (Å²) in [5, 5.41) is 9.92. The number of hydrogen-bond donors (Lipinski definition) is 2. The van der Waals surface area contributed by atoms with E-state index in [4.69, 9.17) is 32.5 Å². The molecule has 1 aliphatic rings. The highest BCUT2D eigenvalue weighted by molar-refractivity contribution is 6.42. The second kappa shape index (κ2) is 8.86. The molecule has 1 aromatic heterocycles. The molecule has 0 saturated heterocycles. The van der Waals surface area contributed by atoms with E-state index in [1.165, 1.54) is 12.0 Å². The number of amides is 3. The van der Waals surface area contributed by atoms with Gasteiger partial charge in [0, 0.05) is 18.9 Å². The van der Waals surface area contributed by atoms with Crippen molar-refractivity contribution in [3.8, 4) is 0 Å². The van der Waals surface area contributed by atoms with Crippen LogP contribution in [-0.2, 0) is 9.53 Å². The fourth-order valence-corrected chi connectivity index (χ4v) is 3.53. The van der Waals surface area contributed by atoms with Crippen LogP contribution in [0.3, 0.4) is 0 Å². The summed E-state index contributed by atoms with van der Waals surface area (Å²) >= 11 is 12.5. The molecule has 0 aliphatic carbocycles. The minimum Gasteiger partial charge on any atom is -0.383 e. The van der Waals surface area contributed by atoms with E-state index in [-0.39, 0.29) is 23.4 Å². The van der Waals surface area contributed by atoms with Crippen LogP contribution < -0.4 is 10.6 Å². The van der Waals surface area contributed by atoms with Crippen molar-refractivity contribution in [1.82, 2.24) is 15.4 Å². The van der Waals surface area contributed by atoms with Crippen LogP contribution in [0.2, 0.25) is 10.0 Å². The molecule has 8 nitrogen and oxygen atoms in total. The number of carbonyl (C=O) groups excluding carboxylic acids is 2. The number of rotatable bonds is 6. The van der Waals surface area contributed by atoms with Crippen LogP contribution in [0.4, 0.5) is 10.6 Å². The van der Waals surface area contributed by atoms with Gasteiger partial charge in [0.2, 0.25) is 0 Å². The highest BCUT2D eigenvalue weighted by Crippen LogP contribution is 2.37. The first kappa shape index (κ1) is 21.2. The van der Waals surface area contributed by atoms with Crippen molar-refractivity contribution in [2.45, 2.75) is 19.9 Å². The number of benzene rings is 1. The van der Waals surface area contributed by atoms with Crippen LogP contribution >= 0.6 is 23.2 Å². The molecule has 0 spiro atoms. The van der Waals surface area contributed by atoms with Crippen LogP contribution in [0.15, 0.2) is 40.1 Å². The third kappa shape index (κ3) is 4.39. The summed E-state index contributed by atoms with van der Waals surface area (Å²) in [5.74, 6) is 0.377. The molecule has 10 heteroatoms. The molecule has 1 atom stereocenters. The van der Waals surface area contributed by atoms with Crippen molar-refractivity contribution in [3.05, 3.63) is 56.9 Å². The molecule has 2 aromatic rings. The molecule has 2 heterocycles. The van der Waals surface area contributed by atoms with E-state index < -0.39 is 11.9 Å². The summed E-state index contributed by atoms with van der Waals surface area (Å²) in [6.45, 7) is 4.01. The Labute approximate surface area is 177 Å². The topological polar surface area (TPSA) is 96.7 Å². The molecule has 154 valence electrons. The van der Waals surface area contributed by atoms with Crippen molar-refractivity contribution < 1.29 is 18.8 Å². The fraction of sp³-hybridized carbons (Fsp3) is 0.316. The maximum absolute atomic E-state index is 13.2. The number of urea groups is 1. The molecule has 0 bridgehead atoms. The second-order valence-electron chi connectivity index (χ2n) is 6.45. The van der Waals surface area contributed by atoms with Gasteiger partial charge >= 0.3 is 6.03 Å². The lowest BCUT2D eigenvalue weighted by Crippen LogP contribution is -2.49. The number of anilines is 1. The lowest BCUT2D eigenvalue weighted by Gasteiger charge is -2.36. The molecular formula is C19H20Cl2N4O4. The van der Waals surface area contributed by atoms with Crippen LogP contribution in [0.25, 0.3) is 0 Å². The van der Waals surface area contributed by atoms with Crippen LogP contribution in [0.1, 0.15) is 24.3 Å². The molecule has 3 amide bonds. The van der Waals surface area contributed by atoms with Gasteiger partial charge in [0.05, 0.1) is 34.8 Å². The molecule has 3 rings (SSSR count). The highest BCUT2D eigenvalue weighted by atomic mass is 35.5. The van der Waals surface area contributed by atoms with E-state index >= 15 is 0 Å². The normalized spacial score (nSPS) is 16.8. The molecule has 0 fully saturated rings. The lowest BCUT2D eigenvalue weighted by molar-refractivity contribution is -0.113. The van der Waals surface area contributed by atoms with Crippen LogP contribution in [0, 0.1) is 6.92 Å². The predicted molar refractivity (Wildman–Crippen MR) is 109 cm³/mol. The van der Waals surface area contributed by atoms with Gasteiger partial charge in [-0.3, -0.25) is 9.69 Å². The number of halogens is 2. The van der Waals surface area contributed by atoms with E-state index in [1.54, 1.807) is 38.1 Å². The Kier molecular flexibility index (Phi) is 6.46. The van der Waals surface area contributed by atoms with Gasteiger partial charge in [-0.15, -0.1) is 0 Å². The average Bonchev–Trinajstić information content (AvgIpc) is 3.08. The van der Waals surface area contributed by atoms with Crippen molar-refractivity contribution >= 4 is 41.0 Å². The number of allylic oxidation sites excluding steroid dienone is 1. The average molecular weight is 439 g/mol. The number of carbonyl (C=O) groups is 2. The summed E-state index contributed by atoms with van der Waals surface area (Å²) in [6.07, 6.45) is 0. The second-order valence-corrected chi connectivity index (χ2v) is 7.23. The first-order valence-electron chi connectivity index (χ1n) is 8.79. The first-order chi connectivity index (χ1) is 13.8. The minimum atomic E-state index is -0.791. The van der Waals surface area contributed by atoms with Crippen LogP contribution in [-0.4, -0.2) is 42.3 Å². The minimum absolute atomic E-state index is 0.264. The summed E-state index contributed by atoms with van der Waals surface area (Å²) in [5.41, 5.74) is 1.30. The van der Waals surface area contributed by atoms with Gasteiger partial charge in [-0.25, -0.2) is 4.79 Å². The van der Waals surface area contributed by atoms with Crippen molar-refractivity contribution in [2.75, 3.05) is 25.6 Å². The maximum atomic E-state index is 13.2. The zero-order chi connectivity index (χ0) is 21.1. The van der Waals surface area contributed by atoms with Gasteiger partial charge in [-0.05, 0) is 25.5 Å². The summed E-state index contributed by atoms with van der Waals surface area (Å²) in [6, 6.07) is 5.50. The fourth-order valence-electron chi connectivity index (χ4n) is 3.11. The van der Waals surface area contributed by atoms with E-state index in [2.05, 4.69) is 15.8 Å². The van der Waals surface area contributed by atoms with Gasteiger partial charge < -0.3 is 19.9 Å². The third-order valence-corrected chi connectivity index (χ3v) is 5.36. The summed E-state index contributed by atoms with van der Waals surface area (Å²) in [4.78, 5) is 27.3. The van der Waals surface area contributed by atoms with E-state index in [1.807, 2.05) is 0 Å². The molecule has 0 unspecified atom stereocenters. The smallest absolute Gasteiger partial charge is 0.322 e. The van der Waals surface area contributed by atoms with Gasteiger partial charge in [-0.1, -0.05) is 40.5 Å². The zero-order valence-corrected chi connectivity index (χ0v) is 17.6. The SMILES string of the molecule is COCCN1C(=O)N[C@H](c2cccc(Cl)c2Cl)C(C(=O)Nc2cc(C)on2)=C1C. The quantitative estimate of drug-likeness (QED) is 0.712. The Balaban J connectivity index is 2.05. The predicted octanol–water partition coefficient (Wildman–Crippen LogP) is 3.92. The number of aromatic nitrogens is 1. The Morgan fingerprint density at radius 1 is 1.38 bits per heavy atom. The summed E-state index contributed by atoms with van der Waals surface area (Å²) in [7, 11) is 1.54. The van der Waals surface area contributed by atoms with E-state index in [0.29, 0.717) is 34.2 Å². The van der Waals surface area contributed by atoms with Crippen molar-refractivity contribution in [3.63, 3.8) is 0 Å². The lowest BCUT2D eigenvalue weighted by atomic mass is 9.94. The Morgan fingerprint density at radius 2 is 2.14 bits per heavy atom. The molecule has 2 N–H and O–H groups in total. The van der Waals surface area contributed by atoms with Crippen LogP contribution in [0.5, 0.6) is 0 Å². The number of methoxy groups -OCH3 is 1. The molecule has 0 saturated carbocycles. The Hall–Kier alpha value is -2.55. The number of ether oxygens (including phenoxy) is 1. The van der Waals surface area contributed by atoms with Crippen molar-refractivity contribution in [2.24, 2.45) is 0 Å². The molecule has 1 aromatic carbocycles. The van der Waals surface area contributed by atoms with E-state index in [9.17, 15) is 9.59 Å². The Morgan fingerprint density at radius 3 is 2.79 bits per heavy atom. The molecular weight excluding hydrogens is 419 g/mol. The first-order valence-corrected chi connectivity index (χ1v) is 9.55. The van der Waals surface area contributed by atoms with Gasteiger partial charge in [0.25, 0.3) is 5.91 Å². The standard InChI is InChI=1S/C19H20Cl2N4O4/c1-10-9-14(24-29-10)22-18(26)15-11(2)25(7-8-28-3)19(27)23-17(15)12-5-4-6-13(20)16(12)21/h4-6,9,17H,7-8H2,1-3H3,(H,23,27)(H,22,24,26)/t17-/m1/s1. The molecule has 0 radical (unpaired) electrons. The maximum Gasteiger partial charge on any atom is 0.322 e. The number of nitrogens with one attached hydrogen (secondary N) is 2.